The number of rotatable bonds is 4. The van der Waals surface area contributed by atoms with Crippen molar-refractivity contribution in [1.82, 2.24) is 9.88 Å². The molecule has 0 aromatic carbocycles. The summed E-state index contributed by atoms with van der Waals surface area (Å²) < 4.78 is 0. The molecule has 98 valence electrons. The van der Waals surface area contributed by atoms with Gasteiger partial charge in [-0.15, -0.1) is 0 Å². The van der Waals surface area contributed by atoms with Gasteiger partial charge in [-0.1, -0.05) is 0 Å². The first-order chi connectivity index (χ1) is 8.56. The number of carbonyl (C=O) groups excluding carboxylic acids is 1. The highest BCUT2D eigenvalue weighted by Crippen LogP contribution is 2.18. The summed E-state index contributed by atoms with van der Waals surface area (Å²) in [5, 5.41) is 3.19. The van der Waals surface area contributed by atoms with Crippen LogP contribution in [0.1, 0.15) is 16.8 Å². The first-order valence-electron chi connectivity index (χ1n) is 6.04. The van der Waals surface area contributed by atoms with Crippen molar-refractivity contribution in [2.45, 2.75) is 6.42 Å². The maximum Gasteiger partial charge on any atom is 0.252 e. The Hall–Kier alpha value is -1.82. The number of amides is 1. The van der Waals surface area contributed by atoms with E-state index in [9.17, 15) is 4.79 Å². The zero-order chi connectivity index (χ0) is 13.1. The molecule has 0 spiro atoms. The third-order valence-corrected chi connectivity index (χ3v) is 3.22. The molecule has 2 rings (SSSR count). The second-order valence-electron chi connectivity index (χ2n) is 4.83. The fraction of sp³-hybridized carbons (Fsp3) is 0.500. The summed E-state index contributed by atoms with van der Waals surface area (Å²) >= 11 is 0. The van der Waals surface area contributed by atoms with Crippen LogP contribution in [-0.4, -0.2) is 42.5 Å². The molecule has 6 nitrogen and oxygen atoms in total. The molecule has 2 heterocycles. The Labute approximate surface area is 106 Å². The van der Waals surface area contributed by atoms with Gasteiger partial charge in [0.1, 0.15) is 5.82 Å². The summed E-state index contributed by atoms with van der Waals surface area (Å²) in [5.74, 6) is 0.585. The molecule has 1 aliphatic rings. The molecule has 1 fully saturated rings. The van der Waals surface area contributed by atoms with Crippen LogP contribution in [0.2, 0.25) is 0 Å². The fourth-order valence-electron chi connectivity index (χ4n) is 2.24. The minimum absolute atomic E-state index is 0.348. The summed E-state index contributed by atoms with van der Waals surface area (Å²) in [7, 11) is 2.11. The van der Waals surface area contributed by atoms with Crippen molar-refractivity contribution in [2.24, 2.45) is 11.7 Å². The molecule has 1 aliphatic heterocycles. The van der Waals surface area contributed by atoms with Crippen molar-refractivity contribution in [1.29, 1.82) is 0 Å². The molecule has 18 heavy (non-hydrogen) atoms. The van der Waals surface area contributed by atoms with Crippen LogP contribution in [0.5, 0.6) is 0 Å². The van der Waals surface area contributed by atoms with Gasteiger partial charge in [0.15, 0.2) is 0 Å². The lowest BCUT2D eigenvalue weighted by Crippen LogP contribution is -2.22. The SMILES string of the molecule is CN1CCC(CNc2ncc(N)cc2C(N)=O)C1. The van der Waals surface area contributed by atoms with E-state index in [0.29, 0.717) is 23.0 Å². The van der Waals surface area contributed by atoms with Gasteiger partial charge in [-0.05, 0) is 32.0 Å². The first-order valence-corrected chi connectivity index (χ1v) is 6.04. The number of hydrogen-bond donors (Lipinski definition) is 3. The van der Waals surface area contributed by atoms with Gasteiger partial charge in [0.25, 0.3) is 5.91 Å². The van der Waals surface area contributed by atoms with Crippen LogP contribution in [0.3, 0.4) is 0 Å². The van der Waals surface area contributed by atoms with E-state index in [0.717, 1.165) is 26.1 Å². The number of aromatic nitrogens is 1. The van der Waals surface area contributed by atoms with Crippen LogP contribution in [0.4, 0.5) is 11.5 Å². The Kier molecular flexibility index (Phi) is 3.66. The summed E-state index contributed by atoms with van der Waals surface area (Å²) in [6, 6.07) is 1.55. The van der Waals surface area contributed by atoms with E-state index in [1.54, 1.807) is 6.07 Å². The zero-order valence-electron chi connectivity index (χ0n) is 10.5. The molecule has 1 aromatic heterocycles. The predicted molar refractivity (Wildman–Crippen MR) is 71.3 cm³/mol. The van der Waals surface area contributed by atoms with Crippen LogP contribution >= 0.6 is 0 Å². The topological polar surface area (TPSA) is 97.3 Å². The van der Waals surface area contributed by atoms with Gasteiger partial charge in [-0.25, -0.2) is 4.98 Å². The van der Waals surface area contributed by atoms with Crippen molar-refractivity contribution in [2.75, 3.05) is 37.7 Å². The van der Waals surface area contributed by atoms with Crippen LogP contribution < -0.4 is 16.8 Å². The maximum absolute atomic E-state index is 11.3. The highest BCUT2D eigenvalue weighted by molar-refractivity contribution is 5.98. The standard InChI is InChI=1S/C12H19N5O/c1-17-3-2-8(7-17)5-15-12-10(11(14)18)4-9(13)6-16-12/h4,6,8H,2-3,5,7,13H2,1H3,(H2,14,18)(H,15,16). The summed E-state index contributed by atoms with van der Waals surface area (Å²) in [5.41, 5.74) is 11.7. The van der Waals surface area contributed by atoms with Crippen LogP contribution in [-0.2, 0) is 0 Å². The number of pyridine rings is 1. The molecular weight excluding hydrogens is 230 g/mol. The molecule has 0 radical (unpaired) electrons. The number of hydrogen-bond acceptors (Lipinski definition) is 5. The number of anilines is 2. The Morgan fingerprint density at radius 1 is 1.67 bits per heavy atom. The van der Waals surface area contributed by atoms with E-state index in [1.807, 2.05) is 0 Å². The van der Waals surface area contributed by atoms with Gasteiger partial charge in [0.2, 0.25) is 0 Å². The van der Waals surface area contributed by atoms with E-state index >= 15 is 0 Å². The maximum atomic E-state index is 11.3. The van der Waals surface area contributed by atoms with Crippen molar-refractivity contribution < 1.29 is 4.79 Å². The van der Waals surface area contributed by atoms with Crippen molar-refractivity contribution >= 4 is 17.4 Å². The lowest BCUT2D eigenvalue weighted by Gasteiger charge is -2.14. The molecule has 0 bridgehead atoms. The minimum atomic E-state index is -0.513. The Morgan fingerprint density at radius 2 is 2.44 bits per heavy atom. The van der Waals surface area contributed by atoms with Gasteiger partial charge in [0, 0.05) is 13.1 Å². The Bertz CT molecular complexity index is 448. The average molecular weight is 249 g/mol. The van der Waals surface area contributed by atoms with Crippen molar-refractivity contribution in [3.63, 3.8) is 0 Å². The molecular formula is C12H19N5O. The lowest BCUT2D eigenvalue weighted by molar-refractivity contribution is 0.100. The molecule has 5 N–H and O–H groups in total. The van der Waals surface area contributed by atoms with E-state index in [4.69, 9.17) is 11.5 Å². The second-order valence-corrected chi connectivity index (χ2v) is 4.83. The minimum Gasteiger partial charge on any atom is -0.397 e. The normalized spacial score (nSPS) is 19.9. The lowest BCUT2D eigenvalue weighted by atomic mass is 10.1. The largest absolute Gasteiger partial charge is 0.397 e. The van der Waals surface area contributed by atoms with Gasteiger partial charge in [-0.2, -0.15) is 0 Å². The second kappa shape index (κ2) is 5.22. The molecule has 1 amide bonds. The van der Waals surface area contributed by atoms with Gasteiger partial charge < -0.3 is 21.7 Å². The number of nitrogens with one attached hydrogen (secondary N) is 1. The van der Waals surface area contributed by atoms with Crippen LogP contribution in [0, 0.1) is 5.92 Å². The number of nitrogens with two attached hydrogens (primary N) is 2. The summed E-state index contributed by atoms with van der Waals surface area (Å²) in [6.45, 7) is 2.97. The fourth-order valence-corrected chi connectivity index (χ4v) is 2.24. The van der Waals surface area contributed by atoms with E-state index in [2.05, 4.69) is 22.2 Å². The molecule has 1 atom stereocenters. The Balaban J connectivity index is 2.02. The van der Waals surface area contributed by atoms with E-state index < -0.39 is 5.91 Å². The summed E-state index contributed by atoms with van der Waals surface area (Å²) in [4.78, 5) is 17.7. The number of primary amides is 1. The number of carbonyl (C=O) groups is 1. The van der Waals surface area contributed by atoms with Crippen molar-refractivity contribution in [3.05, 3.63) is 17.8 Å². The highest BCUT2D eigenvalue weighted by atomic mass is 16.1. The molecule has 0 aliphatic carbocycles. The monoisotopic (exact) mass is 249 g/mol. The van der Waals surface area contributed by atoms with Gasteiger partial charge in [-0.3, -0.25) is 4.79 Å². The third kappa shape index (κ3) is 2.89. The first kappa shape index (κ1) is 12.6. The molecule has 1 unspecified atom stereocenters. The van der Waals surface area contributed by atoms with Crippen LogP contribution in [0.25, 0.3) is 0 Å². The predicted octanol–water partition coefficient (Wildman–Crippen LogP) is 0.126. The zero-order valence-corrected chi connectivity index (χ0v) is 10.5. The Morgan fingerprint density at radius 3 is 3.06 bits per heavy atom. The number of likely N-dealkylation sites (tertiary alicyclic amines) is 1. The number of nitrogens with zero attached hydrogens (tertiary/aromatic N) is 2. The van der Waals surface area contributed by atoms with Crippen molar-refractivity contribution in [3.8, 4) is 0 Å². The molecule has 1 aromatic rings. The van der Waals surface area contributed by atoms with E-state index in [-0.39, 0.29) is 0 Å². The third-order valence-electron chi connectivity index (χ3n) is 3.22. The average Bonchev–Trinajstić information content (AvgIpc) is 2.73. The molecule has 0 saturated carbocycles. The van der Waals surface area contributed by atoms with Gasteiger partial charge in [0.05, 0.1) is 17.4 Å². The highest BCUT2D eigenvalue weighted by Gasteiger charge is 2.20. The van der Waals surface area contributed by atoms with E-state index in [1.165, 1.54) is 6.20 Å². The molecule has 6 heteroatoms. The van der Waals surface area contributed by atoms with Crippen LogP contribution in [0.15, 0.2) is 12.3 Å². The number of nitrogen functional groups attached to an aromatic ring is 1. The smallest absolute Gasteiger partial charge is 0.252 e. The quantitative estimate of drug-likeness (QED) is 0.704. The summed E-state index contributed by atoms with van der Waals surface area (Å²) in [6.07, 6.45) is 2.68. The van der Waals surface area contributed by atoms with Gasteiger partial charge >= 0.3 is 0 Å². The molecule has 1 saturated heterocycles.